The number of nitrogens with one attached hydrogen (secondary N) is 2. The fourth-order valence-corrected chi connectivity index (χ4v) is 5.09. The first kappa shape index (κ1) is 23.9. The Morgan fingerprint density at radius 3 is 2.62 bits per heavy atom. The molecule has 1 spiro atoms. The molecule has 1 fully saturated rings. The van der Waals surface area contributed by atoms with Gasteiger partial charge in [0.05, 0.1) is 17.8 Å². The molecule has 7 nitrogen and oxygen atoms in total. The van der Waals surface area contributed by atoms with E-state index in [1.54, 1.807) is 23.1 Å². The molecule has 2 aromatic rings. The number of benzene rings is 2. The maximum Gasteiger partial charge on any atom is 0.317 e. The van der Waals surface area contributed by atoms with Crippen LogP contribution in [0.2, 0.25) is 0 Å². The minimum absolute atomic E-state index is 0.0565. The lowest BCUT2D eigenvalue weighted by molar-refractivity contribution is 0.0885. The third kappa shape index (κ3) is 4.70. The monoisotopic (exact) mass is 472 g/mol. The van der Waals surface area contributed by atoms with Crippen molar-refractivity contribution >= 4 is 23.2 Å². The normalized spacial score (nSPS) is 17.0. The Bertz CT molecular complexity index is 1070. The van der Waals surface area contributed by atoms with Gasteiger partial charge in [0.15, 0.2) is 5.78 Å². The number of urea groups is 1. The van der Waals surface area contributed by atoms with Crippen molar-refractivity contribution in [3.8, 4) is 0 Å². The van der Waals surface area contributed by atoms with Gasteiger partial charge in [0.25, 0.3) is 0 Å². The topological polar surface area (TPSA) is 84.9 Å². The number of piperidine rings is 1. The summed E-state index contributed by atoms with van der Waals surface area (Å²) in [7, 11) is 0. The lowest BCUT2D eigenvalue weighted by Gasteiger charge is -2.52. The molecule has 2 aromatic carbocycles. The highest BCUT2D eigenvalue weighted by Gasteiger charge is 2.46. The zero-order valence-corrected chi connectivity index (χ0v) is 19.2. The second-order valence-corrected chi connectivity index (χ2v) is 8.84. The molecule has 3 N–H and O–H groups in total. The van der Waals surface area contributed by atoms with E-state index in [1.165, 1.54) is 18.2 Å². The van der Waals surface area contributed by atoms with Crippen LogP contribution in [-0.4, -0.2) is 60.1 Å². The molecule has 0 unspecified atom stereocenters. The van der Waals surface area contributed by atoms with Crippen molar-refractivity contribution in [3.05, 3.63) is 59.2 Å². The molecule has 2 amide bonds. The second kappa shape index (κ2) is 9.97. The number of fused-ring (bicyclic) bond motifs is 1. The number of carbonyl (C=O) groups is 2. The fraction of sp³-hybridized carbons (Fsp3) is 0.440. The van der Waals surface area contributed by atoms with Gasteiger partial charge in [-0.2, -0.15) is 0 Å². The highest BCUT2D eigenvalue weighted by atomic mass is 19.1. The quantitative estimate of drug-likeness (QED) is 0.599. The van der Waals surface area contributed by atoms with Gasteiger partial charge in [-0.25, -0.2) is 13.6 Å². The standard InChI is InChI=1S/C25H30F2N4O3/c1-2-31-22-6-4-18(26)14-19(22)23(33)15-25(31)7-10-30(11-8-25)24(34)29-16-17-3-5-20(27)21(13-17)28-9-12-32/h3-6,13-14,28,32H,2,7-12,15-16H2,1H3,(H,29,34). The van der Waals surface area contributed by atoms with Gasteiger partial charge in [-0.05, 0) is 55.7 Å². The molecule has 0 aromatic heterocycles. The number of hydrogen-bond donors (Lipinski definition) is 3. The Morgan fingerprint density at radius 1 is 1.15 bits per heavy atom. The van der Waals surface area contributed by atoms with E-state index < -0.39 is 11.6 Å². The number of carbonyl (C=O) groups excluding carboxylic acids is 2. The lowest BCUT2D eigenvalue weighted by Crippen LogP contribution is -2.60. The van der Waals surface area contributed by atoms with Crippen LogP contribution in [0.15, 0.2) is 36.4 Å². The van der Waals surface area contributed by atoms with Gasteiger partial charge in [0, 0.05) is 50.4 Å². The first-order valence-electron chi connectivity index (χ1n) is 11.6. The number of aliphatic hydroxyl groups excluding tert-OH is 1. The summed E-state index contributed by atoms with van der Waals surface area (Å²) >= 11 is 0. The summed E-state index contributed by atoms with van der Waals surface area (Å²) in [6.45, 7) is 4.08. The van der Waals surface area contributed by atoms with Crippen LogP contribution in [0, 0.1) is 11.6 Å². The molecule has 34 heavy (non-hydrogen) atoms. The number of nitrogens with zero attached hydrogens (tertiary/aromatic N) is 2. The molecule has 2 heterocycles. The van der Waals surface area contributed by atoms with Crippen LogP contribution in [0.1, 0.15) is 42.1 Å². The number of likely N-dealkylation sites (tertiary alicyclic amines) is 1. The van der Waals surface area contributed by atoms with Gasteiger partial charge in [-0.1, -0.05) is 6.07 Å². The number of halogens is 2. The molecule has 1 saturated heterocycles. The smallest absolute Gasteiger partial charge is 0.317 e. The van der Waals surface area contributed by atoms with Gasteiger partial charge in [0.1, 0.15) is 11.6 Å². The Morgan fingerprint density at radius 2 is 1.91 bits per heavy atom. The van der Waals surface area contributed by atoms with Gasteiger partial charge >= 0.3 is 6.03 Å². The zero-order chi connectivity index (χ0) is 24.3. The van der Waals surface area contributed by atoms with Crippen LogP contribution >= 0.6 is 0 Å². The van der Waals surface area contributed by atoms with Gasteiger partial charge in [-0.3, -0.25) is 4.79 Å². The highest BCUT2D eigenvalue weighted by Crippen LogP contribution is 2.42. The van der Waals surface area contributed by atoms with E-state index in [2.05, 4.69) is 15.5 Å². The Hall–Kier alpha value is -3.20. The number of Topliss-reactive ketones (excluding diaryl/α,β-unsaturated/α-hetero) is 1. The summed E-state index contributed by atoms with van der Waals surface area (Å²) in [5.74, 6) is -0.890. The number of amides is 2. The second-order valence-electron chi connectivity index (χ2n) is 8.84. The third-order valence-electron chi connectivity index (χ3n) is 6.81. The maximum atomic E-state index is 13.9. The number of aliphatic hydroxyl groups is 1. The predicted octanol–water partition coefficient (Wildman–Crippen LogP) is 3.53. The van der Waals surface area contributed by atoms with E-state index in [0.29, 0.717) is 44.5 Å². The van der Waals surface area contributed by atoms with Crippen molar-refractivity contribution in [3.63, 3.8) is 0 Å². The van der Waals surface area contributed by atoms with Gasteiger partial charge < -0.3 is 25.5 Å². The van der Waals surface area contributed by atoms with Crippen LogP contribution in [0.3, 0.4) is 0 Å². The fourth-order valence-electron chi connectivity index (χ4n) is 5.09. The highest BCUT2D eigenvalue weighted by molar-refractivity contribution is 6.04. The summed E-state index contributed by atoms with van der Waals surface area (Å²) in [4.78, 5) is 29.5. The lowest BCUT2D eigenvalue weighted by atomic mass is 9.76. The average Bonchev–Trinajstić information content (AvgIpc) is 2.83. The van der Waals surface area contributed by atoms with Crippen molar-refractivity contribution in [2.24, 2.45) is 0 Å². The number of ketones is 1. The van der Waals surface area contributed by atoms with Crippen LogP contribution in [0.4, 0.5) is 25.0 Å². The average molecular weight is 473 g/mol. The zero-order valence-electron chi connectivity index (χ0n) is 19.2. The van der Waals surface area contributed by atoms with Crippen LogP contribution < -0.4 is 15.5 Å². The summed E-state index contributed by atoms with van der Waals surface area (Å²) in [6, 6.07) is 8.72. The van der Waals surface area contributed by atoms with Crippen molar-refractivity contribution < 1.29 is 23.5 Å². The van der Waals surface area contributed by atoms with Gasteiger partial charge in [0.2, 0.25) is 0 Å². The first-order chi connectivity index (χ1) is 16.4. The number of anilines is 2. The van der Waals surface area contributed by atoms with Crippen LogP contribution in [-0.2, 0) is 6.54 Å². The molecule has 9 heteroatoms. The van der Waals surface area contributed by atoms with E-state index in [4.69, 9.17) is 5.11 Å². The largest absolute Gasteiger partial charge is 0.395 e. The third-order valence-corrected chi connectivity index (χ3v) is 6.81. The SMILES string of the molecule is CCN1c2ccc(F)cc2C(=O)CC12CCN(C(=O)NCc1ccc(F)c(NCCO)c1)CC2. The molecule has 4 rings (SSSR count). The Kier molecular flexibility index (Phi) is 7.02. The summed E-state index contributed by atoms with van der Waals surface area (Å²) in [6.07, 6.45) is 1.59. The number of rotatable bonds is 6. The minimum atomic E-state index is -0.420. The molecule has 2 aliphatic heterocycles. The molecular formula is C25H30F2N4O3. The van der Waals surface area contributed by atoms with Crippen molar-refractivity contribution in [2.45, 2.75) is 38.3 Å². The van der Waals surface area contributed by atoms with Crippen molar-refractivity contribution in [1.82, 2.24) is 10.2 Å². The molecule has 182 valence electrons. The Balaban J connectivity index is 1.38. The summed E-state index contributed by atoms with van der Waals surface area (Å²) < 4.78 is 27.6. The van der Waals surface area contributed by atoms with Crippen LogP contribution in [0.25, 0.3) is 0 Å². The Labute approximate surface area is 197 Å². The predicted molar refractivity (Wildman–Crippen MR) is 126 cm³/mol. The first-order valence-corrected chi connectivity index (χ1v) is 11.6. The molecule has 2 aliphatic rings. The maximum absolute atomic E-state index is 13.9. The molecule has 0 atom stereocenters. The number of hydrogen-bond acceptors (Lipinski definition) is 5. The van der Waals surface area contributed by atoms with E-state index >= 15 is 0 Å². The minimum Gasteiger partial charge on any atom is -0.395 e. The van der Waals surface area contributed by atoms with Crippen LogP contribution in [0.5, 0.6) is 0 Å². The summed E-state index contributed by atoms with van der Waals surface area (Å²) in [5.41, 5.74) is 1.84. The van der Waals surface area contributed by atoms with E-state index in [9.17, 15) is 18.4 Å². The molecule has 0 aliphatic carbocycles. The summed E-state index contributed by atoms with van der Waals surface area (Å²) in [5, 5.41) is 14.6. The molecule has 0 radical (unpaired) electrons. The van der Waals surface area contributed by atoms with E-state index in [-0.39, 0.29) is 42.7 Å². The molecule has 0 bridgehead atoms. The van der Waals surface area contributed by atoms with E-state index in [1.807, 2.05) is 6.92 Å². The molecule has 0 saturated carbocycles. The van der Waals surface area contributed by atoms with Gasteiger partial charge in [-0.15, -0.1) is 0 Å². The van der Waals surface area contributed by atoms with Crippen molar-refractivity contribution in [2.75, 3.05) is 43.0 Å². The molecular weight excluding hydrogens is 442 g/mol. The van der Waals surface area contributed by atoms with Crippen molar-refractivity contribution in [1.29, 1.82) is 0 Å². The van der Waals surface area contributed by atoms with E-state index in [0.717, 1.165) is 11.3 Å².